The molecule has 0 radical (unpaired) electrons. The number of likely N-dealkylation sites (N-methyl/N-ethyl adjacent to an activating group) is 1. The maximum atomic E-state index is 13.4. The average molecular weight is 302 g/mol. The minimum absolute atomic E-state index is 0.175. The van der Waals surface area contributed by atoms with E-state index in [1.165, 1.54) is 25.3 Å². The Morgan fingerprint density at radius 1 is 1.35 bits per heavy atom. The summed E-state index contributed by atoms with van der Waals surface area (Å²) in [5.41, 5.74) is 1.04. The van der Waals surface area contributed by atoms with Gasteiger partial charge in [-0.2, -0.15) is 0 Å². The van der Waals surface area contributed by atoms with Gasteiger partial charge in [0.1, 0.15) is 5.82 Å². The lowest BCUT2D eigenvalue weighted by Crippen LogP contribution is -2.27. The van der Waals surface area contributed by atoms with E-state index in [0.29, 0.717) is 10.5 Å². The van der Waals surface area contributed by atoms with Crippen molar-refractivity contribution < 1.29 is 4.39 Å². The molecule has 0 fully saturated rings. The van der Waals surface area contributed by atoms with Crippen molar-refractivity contribution in [1.29, 1.82) is 0 Å². The standard InChI is InChI=1S/C14H21BrFN/c1-3-4-5-8-12(17-2)10-11-7-6-9-13(16)14(11)15/h6-7,9,12,17H,3-5,8,10H2,1-2H3. The third-order valence-corrected chi connectivity index (χ3v) is 3.95. The molecule has 0 bridgehead atoms. The molecular weight excluding hydrogens is 281 g/mol. The zero-order valence-corrected chi connectivity index (χ0v) is 12.2. The summed E-state index contributed by atoms with van der Waals surface area (Å²) < 4.78 is 14.0. The molecule has 0 aliphatic rings. The maximum Gasteiger partial charge on any atom is 0.137 e. The van der Waals surface area contributed by atoms with E-state index < -0.39 is 0 Å². The molecule has 1 atom stereocenters. The fourth-order valence-corrected chi connectivity index (χ4v) is 2.39. The first-order chi connectivity index (χ1) is 8.19. The summed E-state index contributed by atoms with van der Waals surface area (Å²) in [7, 11) is 1.98. The summed E-state index contributed by atoms with van der Waals surface area (Å²) in [4.78, 5) is 0. The van der Waals surface area contributed by atoms with Crippen LogP contribution in [0.15, 0.2) is 22.7 Å². The normalized spacial score (nSPS) is 12.7. The van der Waals surface area contributed by atoms with Gasteiger partial charge in [0, 0.05) is 6.04 Å². The van der Waals surface area contributed by atoms with Gasteiger partial charge in [-0.25, -0.2) is 4.39 Å². The largest absolute Gasteiger partial charge is 0.317 e. The Labute approximate surface area is 112 Å². The van der Waals surface area contributed by atoms with Crippen LogP contribution >= 0.6 is 15.9 Å². The Morgan fingerprint density at radius 2 is 2.12 bits per heavy atom. The zero-order chi connectivity index (χ0) is 12.7. The van der Waals surface area contributed by atoms with Crippen LogP contribution in [0.25, 0.3) is 0 Å². The third kappa shape index (κ3) is 4.76. The number of halogens is 2. The second-order valence-corrected chi connectivity index (χ2v) is 5.19. The minimum atomic E-state index is -0.175. The molecule has 17 heavy (non-hydrogen) atoms. The van der Waals surface area contributed by atoms with Crippen molar-refractivity contribution in [1.82, 2.24) is 5.32 Å². The molecule has 0 spiro atoms. The van der Waals surface area contributed by atoms with Crippen LogP contribution in [-0.2, 0) is 6.42 Å². The van der Waals surface area contributed by atoms with E-state index in [9.17, 15) is 4.39 Å². The van der Waals surface area contributed by atoms with Gasteiger partial charge in [0.05, 0.1) is 4.47 Å². The highest BCUT2D eigenvalue weighted by Crippen LogP contribution is 2.22. The second kappa shape index (κ2) is 7.83. The summed E-state index contributed by atoms with van der Waals surface area (Å²) >= 11 is 3.32. The highest BCUT2D eigenvalue weighted by atomic mass is 79.9. The van der Waals surface area contributed by atoms with Crippen LogP contribution in [0.5, 0.6) is 0 Å². The smallest absolute Gasteiger partial charge is 0.137 e. The van der Waals surface area contributed by atoms with Crippen molar-refractivity contribution in [2.75, 3.05) is 7.05 Å². The van der Waals surface area contributed by atoms with E-state index in [0.717, 1.165) is 18.4 Å². The molecule has 1 N–H and O–H groups in total. The lowest BCUT2D eigenvalue weighted by atomic mass is 10.0. The summed E-state index contributed by atoms with van der Waals surface area (Å²) in [5, 5.41) is 3.31. The molecule has 1 nitrogen and oxygen atoms in total. The topological polar surface area (TPSA) is 12.0 Å². The van der Waals surface area contributed by atoms with Gasteiger partial charge in [0.15, 0.2) is 0 Å². The third-order valence-electron chi connectivity index (χ3n) is 3.06. The molecule has 1 unspecified atom stereocenters. The number of hydrogen-bond donors (Lipinski definition) is 1. The molecule has 3 heteroatoms. The first kappa shape index (κ1) is 14.7. The van der Waals surface area contributed by atoms with E-state index >= 15 is 0 Å². The Morgan fingerprint density at radius 3 is 2.76 bits per heavy atom. The number of hydrogen-bond acceptors (Lipinski definition) is 1. The molecule has 1 aromatic rings. The van der Waals surface area contributed by atoms with Crippen LogP contribution in [0.4, 0.5) is 4.39 Å². The monoisotopic (exact) mass is 301 g/mol. The molecule has 1 rings (SSSR count). The fraction of sp³-hybridized carbons (Fsp3) is 0.571. The summed E-state index contributed by atoms with van der Waals surface area (Å²) in [6.07, 6.45) is 5.75. The Hall–Kier alpha value is -0.410. The highest BCUT2D eigenvalue weighted by molar-refractivity contribution is 9.10. The molecule has 0 saturated heterocycles. The van der Waals surface area contributed by atoms with Crippen molar-refractivity contribution in [3.05, 3.63) is 34.1 Å². The van der Waals surface area contributed by atoms with Gasteiger partial charge in [-0.3, -0.25) is 0 Å². The van der Waals surface area contributed by atoms with Crippen LogP contribution in [0.3, 0.4) is 0 Å². The molecule has 0 aliphatic heterocycles. The van der Waals surface area contributed by atoms with E-state index in [4.69, 9.17) is 0 Å². The zero-order valence-electron chi connectivity index (χ0n) is 10.6. The number of unbranched alkanes of at least 4 members (excludes halogenated alkanes) is 2. The molecular formula is C14H21BrFN. The first-order valence-electron chi connectivity index (χ1n) is 6.29. The van der Waals surface area contributed by atoms with Gasteiger partial charge in [0.25, 0.3) is 0 Å². The van der Waals surface area contributed by atoms with Crippen LogP contribution in [0.2, 0.25) is 0 Å². The van der Waals surface area contributed by atoms with Gasteiger partial charge < -0.3 is 5.32 Å². The van der Waals surface area contributed by atoms with Gasteiger partial charge in [0.2, 0.25) is 0 Å². The Balaban J connectivity index is 2.57. The number of nitrogens with one attached hydrogen (secondary N) is 1. The summed E-state index contributed by atoms with van der Waals surface area (Å²) in [5.74, 6) is -0.175. The average Bonchev–Trinajstić information content (AvgIpc) is 2.33. The molecule has 0 amide bonds. The molecule has 0 heterocycles. The molecule has 96 valence electrons. The summed E-state index contributed by atoms with van der Waals surface area (Å²) in [6, 6.07) is 5.67. The van der Waals surface area contributed by atoms with Crippen molar-refractivity contribution in [2.24, 2.45) is 0 Å². The van der Waals surface area contributed by atoms with Crippen molar-refractivity contribution in [3.63, 3.8) is 0 Å². The fourth-order valence-electron chi connectivity index (χ4n) is 1.96. The van der Waals surface area contributed by atoms with Gasteiger partial charge >= 0.3 is 0 Å². The molecule has 0 saturated carbocycles. The Bertz CT molecular complexity index is 341. The van der Waals surface area contributed by atoms with E-state index in [2.05, 4.69) is 28.2 Å². The second-order valence-electron chi connectivity index (χ2n) is 4.40. The predicted octanol–water partition coefficient (Wildman–Crippen LogP) is 4.30. The SMILES string of the molecule is CCCCCC(Cc1cccc(F)c1Br)NC. The predicted molar refractivity (Wildman–Crippen MR) is 74.8 cm³/mol. The van der Waals surface area contributed by atoms with Crippen LogP contribution < -0.4 is 5.32 Å². The van der Waals surface area contributed by atoms with E-state index in [1.807, 2.05) is 13.1 Å². The highest BCUT2D eigenvalue weighted by Gasteiger charge is 2.11. The maximum absolute atomic E-state index is 13.4. The van der Waals surface area contributed by atoms with E-state index in [-0.39, 0.29) is 5.82 Å². The van der Waals surface area contributed by atoms with Gasteiger partial charge in [-0.15, -0.1) is 0 Å². The van der Waals surface area contributed by atoms with Crippen molar-refractivity contribution in [3.8, 4) is 0 Å². The molecule has 0 aromatic heterocycles. The Kier molecular flexibility index (Phi) is 6.75. The van der Waals surface area contributed by atoms with Crippen LogP contribution in [0.1, 0.15) is 38.2 Å². The first-order valence-corrected chi connectivity index (χ1v) is 7.08. The van der Waals surface area contributed by atoms with Crippen LogP contribution in [0, 0.1) is 5.82 Å². The lowest BCUT2D eigenvalue weighted by molar-refractivity contribution is 0.488. The number of rotatable bonds is 7. The van der Waals surface area contributed by atoms with Gasteiger partial charge in [-0.05, 0) is 47.4 Å². The quantitative estimate of drug-likeness (QED) is 0.741. The minimum Gasteiger partial charge on any atom is -0.317 e. The van der Waals surface area contributed by atoms with Crippen LogP contribution in [-0.4, -0.2) is 13.1 Å². The van der Waals surface area contributed by atoms with E-state index in [1.54, 1.807) is 6.07 Å². The van der Waals surface area contributed by atoms with Crippen molar-refractivity contribution >= 4 is 15.9 Å². The van der Waals surface area contributed by atoms with Crippen molar-refractivity contribution in [2.45, 2.75) is 45.1 Å². The van der Waals surface area contributed by atoms with Gasteiger partial charge in [-0.1, -0.05) is 38.3 Å². The molecule has 1 aromatic carbocycles. The number of benzene rings is 1. The molecule has 0 aliphatic carbocycles. The lowest BCUT2D eigenvalue weighted by Gasteiger charge is -2.17. The summed E-state index contributed by atoms with van der Waals surface area (Å²) in [6.45, 7) is 2.21.